The van der Waals surface area contributed by atoms with E-state index in [2.05, 4.69) is 13.8 Å². The zero-order chi connectivity index (χ0) is 85.4. The molecule has 0 atom stereocenters. The van der Waals surface area contributed by atoms with Crippen LogP contribution in [0.3, 0.4) is 0 Å². The second kappa shape index (κ2) is 119. The molecule has 0 amide bonds. The molecule has 0 aromatic heterocycles. The molecule has 0 aromatic carbocycles. The molecular formula is C120H242. The van der Waals surface area contributed by atoms with E-state index in [0.29, 0.717) is 0 Å². The van der Waals surface area contributed by atoms with Crippen molar-refractivity contribution >= 4 is 0 Å². The summed E-state index contributed by atoms with van der Waals surface area (Å²) in [5, 5.41) is 0. The molecule has 0 heterocycles. The molecule has 0 nitrogen and oxygen atoms in total. The highest BCUT2D eigenvalue weighted by molar-refractivity contribution is 4.62. The maximum Gasteiger partial charge on any atom is -0.0533 e. The van der Waals surface area contributed by atoms with Gasteiger partial charge in [0.15, 0.2) is 0 Å². The van der Waals surface area contributed by atoms with E-state index in [9.17, 15) is 0 Å². The molecule has 0 fully saturated rings. The van der Waals surface area contributed by atoms with E-state index < -0.39 is 0 Å². The van der Waals surface area contributed by atoms with Crippen LogP contribution in [0, 0.1) is 0 Å². The van der Waals surface area contributed by atoms with Crippen LogP contribution in [0.1, 0.15) is 772 Å². The van der Waals surface area contributed by atoms with Crippen molar-refractivity contribution in [3.8, 4) is 0 Å². The fraction of sp³-hybridized carbons (Fsp3) is 1.00. The molecule has 0 aromatic rings. The van der Waals surface area contributed by atoms with Crippen LogP contribution in [-0.2, 0) is 0 Å². The van der Waals surface area contributed by atoms with Gasteiger partial charge >= 0.3 is 0 Å². The van der Waals surface area contributed by atoms with Crippen LogP contribution in [0.4, 0.5) is 0 Å². The third-order valence-corrected chi connectivity index (χ3v) is 29.5. The standard InChI is InChI=1S/C120H242/c1-3-5-7-9-11-13-15-17-19-21-23-25-27-29-31-33-35-37-39-41-43-45-47-49-51-53-55-57-59-61-63-65-67-69-71-73-75-77-79-81-83-85-87-89-91-93-95-97-99-101-103-105-107-109-111-113-115-117-119-120-118-116-114-112-110-108-106-104-102-100-98-96-94-92-90-88-86-84-82-80-78-76-74-72-70-68-66-64-62-60-58-56-54-52-50-48-46-44-42-40-38-36-34-32-30-28-26-24-22-20-18-16-14-12-10-8-6-4-2/h3-120H2,1-2H3. The number of hydrogen-bond acceptors (Lipinski definition) is 0. The van der Waals surface area contributed by atoms with Crippen molar-refractivity contribution in [3.63, 3.8) is 0 Å². The molecule has 0 spiro atoms. The third-order valence-electron chi connectivity index (χ3n) is 29.5. The van der Waals surface area contributed by atoms with E-state index in [1.54, 1.807) is 0 Å². The molecular weight excluding hydrogens is 1440 g/mol. The second-order valence-corrected chi connectivity index (χ2v) is 42.0. The van der Waals surface area contributed by atoms with Gasteiger partial charge in [-0.25, -0.2) is 0 Å². The molecule has 0 heteroatoms. The lowest BCUT2D eigenvalue weighted by molar-refractivity contribution is 0.505. The molecule has 0 N–H and O–H groups in total. The van der Waals surface area contributed by atoms with Crippen molar-refractivity contribution in [1.29, 1.82) is 0 Å². The summed E-state index contributed by atoms with van der Waals surface area (Å²) >= 11 is 0. The lowest BCUT2D eigenvalue weighted by Gasteiger charge is -2.05. The zero-order valence-electron chi connectivity index (χ0n) is 85.4. The lowest BCUT2D eigenvalue weighted by Crippen LogP contribution is -1.85. The van der Waals surface area contributed by atoms with Gasteiger partial charge in [-0.05, 0) is 0 Å². The van der Waals surface area contributed by atoms with Crippen LogP contribution in [0.25, 0.3) is 0 Å². The van der Waals surface area contributed by atoms with Crippen molar-refractivity contribution in [1.82, 2.24) is 0 Å². The summed E-state index contributed by atoms with van der Waals surface area (Å²) in [5.74, 6) is 0. The van der Waals surface area contributed by atoms with E-state index in [0.717, 1.165) is 0 Å². The molecule has 0 saturated heterocycles. The normalized spacial score (nSPS) is 11.8. The van der Waals surface area contributed by atoms with Crippen molar-refractivity contribution in [3.05, 3.63) is 0 Å². The van der Waals surface area contributed by atoms with Gasteiger partial charge in [-0.3, -0.25) is 0 Å². The molecule has 0 aliphatic rings. The Morgan fingerprint density at radius 3 is 0.0917 bits per heavy atom. The van der Waals surface area contributed by atoms with Crippen LogP contribution in [0.2, 0.25) is 0 Å². The molecule has 0 radical (unpaired) electrons. The smallest absolute Gasteiger partial charge is 0.0533 e. The predicted molar refractivity (Wildman–Crippen MR) is 556 cm³/mol. The summed E-state index contributed by atoms with van der Waals surface area (Å²) < 4.78 is 0. The highest BCUT2D eigenvalue weighted by Crippen LogP contribution is 2.26. The molecule has 722 valence electrons. The predicted octanol–water partition coefficient (Wildman–Crippen LogP) is 47.1. The topological polar surface area (TPSA) is 0 Å². The first-order chi connectivity index (χ1) is 59.9. The summed E-state index contributed by atoms with van der Waals surface area (Å²) in [6.07, 6.45) is 176. The highest BCUT2D eigenvalue weighted by Gasteiger charge is 2.06. The number of hydrogen-bond donors (Lipinski definition) is 0. The monoisotopic (exact) mass is 1680 g/mol. The van der Waals surface area contributed by atoms with E-state index >= 15 is 0 Å². The quantitative estimate of drug-likeness (QED) is 0.0533. The van der Waals surface area contributed by atoms with Gasteiger partial charge in [-0.15, -0.1) is 0 Å². The summed E-state index contributed by atoms with van der Waals surface area (Å²) in [6.45, 7) is 4.64. The minimum absolute atomic E-state index is 1.37. The highest BCUT2D eigenvalue weighted by atomic mass is 14.1. The van der Waals surface area contributed by atoms with Gasteiger partial charge in [0, 0.05) is 0 Å². The van der Waals surface area contributed by atoms with Crippen molar-refractivity contribution < 1.29 is 0 Å². The van der Waals surface area contributed by atoms with Gasteiger partial charge in [0.25, 0.3) is 0 Å². The Hall–Kier alpha value is 0. The van der Waals surface area contributed by atoms with E-state index in [-0.39, 0.29) is 0 Å². The fourth-order valence-electron chi connectivity index (χ4n) is 20.7. The van der Waals surface area contributed by atoms with E-state index in [1.807, 2.05) is 0 Å². The fourth-order valence-corrected chi connectivity index (χ4v) is 20.7. The second-order valence-electron chi connectivity index (χ2n) is 42.0. The summed E-state index contributed by atoms with van der Waals surface area (Å²) in [6, 6.07) is 0. The van der Waals surface area contributed by atoms with Gasteiger partial charge < -0.3 is 0 Å². The Morgan fingerprint density at radius 2 is 0.0667 bits per heavy atom. The van der Waals surface area contributed by atoms with Gasteiger partial charge in [0.05, 0.1) is 0 Å². The molecule has 0 unspecified atom stereocenters. The van der Waals surface area contributed by atoms with Crippen molar-refractivity contribution in [2.75, 3.05) is 0 Å². The Balaban J connectivity index is 3.10. The molecule has 120 heavy (non-hydrogen) atoms. The summed E-state index contributed by atoms with van der Waals surface area (Å²) in [4.78, 5) is 0. The van der Waals surface area contributed by atoms with Crippen LogP contribution in [-0.4, -0.2) is 0 Å². The molecule has 0 bridgehead atoms. The van der Waals surface area contributed by atoms with Crippen LogP contribution in [0.5, 0.6) is 0 Å². The average molecular weight is 1690 g/mol. The van der Waals surface area contributed by atoms with Crippen LogP contribution < -0.4 is 0 Å². The molecule has 0 saturated carbocycles. The minimum atomic E-state index is 1.37. The summed E-state index contributed by atoms with van der Waals surface area (Å²) in [5.41, 5.74) is 0. The zero-order valence-corrected chi connectivity index (χ0v) is 85.4. The molecule has 0 aliphatic heterocycles. The van der Waals surface area contributed by atoms with Crippen LogP contribution >= 0.6 is 0 Å². The molecule has 0 aliphatic carbocycles. The van der Waals surface area contributed by atoms with Gasteiger partial charge in [0.1, 0.15) is 0 Å². The Bertz CT molecular complexity index is 1440. The first kappa shape index (κ1) is 120. The minimum Gasteiger partial charge on any atom is -0.0654 e. The third kappa shape index (κ3) is 118. The van der Waals surface area contributed by atoms with Gasteiger partial charge in [-0.2, -0.15) is 0 Å². The number of rotatable bonds is 117. The maximum atomic E-state index is 2.32. The molecule has 0 rings (SSSR count). The van der Waals surface area contributed by atoms with Crippen molar-refractivity contribution in [2.24, 2.45) is 0 Å². The van der Waals surface area contributed by atoms with Gasteiger partial charge in [-0.1, -0.05) is 772 Å². The number of unbranched alkanes of at least 4 members (excludes halogenated alkanes) is 117. The SMILES string of the molecule is CCCCCCCCCCCCCCCCCCCCCCCCCCCCCCCCCCCCCCCCCCCCCCCCCCCCCCCCCCCCCCCCCCCCCCCCCCCCCCCCCCCCCCCCCCCCCCCCCCCCCCCCCCCCCCCCCCCCCCCC. The first-order valence-corrected chi connectivity index (χ1v) is 59.9. The van der Waals surface area contributed by atoms with Crippen LogP contribution in [0.15, 0.2) is 0 Å². The van der Waals surface area contributed by atoms with E-state index in [1.165, 1.54) is 758 Å². The first-order valence-electron chi connectivity index (χ1n) is 59.9. The van der Waals surface area contributed by atoms with E-state index in [4.69, 9.17) is 0 Å². The Morgan fingerprint density at radius 1 is 0.0417 bits per heavy atom. The van der Waals surface area contributed by atoms with Gasteiger partial charge in [0.2, 0.25) is 0 Å². The maximum absolute atomic E-state index is 2.32. The average Bonchev–Trinajstić information content (AvgIpc) is 1.40. The summed E-state index contributed by atoms with van der Waals surface area (Å²) in [7, 11) is 0. The van der Waals surface area contributed by atoms with Crippen molar-refractivity contribution in [2.45, 2.75) is 772 Å². The largest absolute Gasteiger partial charge is 0.0654 e. The lowest BCUT2D eigenvalue weighted by atomic mass is 10.0. The Labute approximate surface area is 766 Å². The Kier molecular flexibility index (Phi) is 119.